The Morgan fingerprint density at radius 3 is 2.84 bits per heavy atom. The molecule has 7 nitrogen and oxygen atoms in total. The standard InChI is InChI=1S/C25H30N6O/c1-15(2)30-14-18-12-19(8-9-20(18)16(30)3)28-24-23-22(10-11-27-25(23)32)31(29-24)21-7-5-4-6-17(21)13-26/h8-12,15-17,21H,4-7,14H2,1-3H3,(H,27,32)(H,28,29)/t16-,17-,21+/m1/s1. The highest BCUT2D eigenvalue weighted by molar-refractivity contribution is 5.91. The van der Waals surface area contributed by atoms with Crippen LogP contribution in [0.2, 0.25) is 0 Å². The molecule has 0 saturated heterocycles. The second-order valence-corrected chi connectivity index (χ2v) is 9.43. The number of anilines is 2. The Balaban J connectivity index is 1.53. The van der Waals surface area contributed by atoms with Crippen LogP contribution in [-0.4, -0.2) is 25.7 Å². The minimum Gasteiger partial charge on any atom is -0.338 e. The maximum absolute atomic E-state index is 12.8. The first-order chi connectivity index (χ1) is 15.5. The zero-order chi connectivity index (χ0) is 22.4. The van der Waals surface area contributed by atoms with Crippen LogP contribution in [0.1, 0.15) is 69.7 Å². The first kappa shape index (κ1) is 20.8. The van der Waals surface area contributed by atoms with Crippen molar-refractivity contribution in [1.82, 2.24) is 19.7 Å². The Labute approximate surface area is 188 Å². The first-order valence-electron chi connectivity index (χ1n) is 11.6. The molecule has 32 heavy (non-hydrogen) atoms. The van der Waals surface area contributed by atoms with Gasteiger partial charge in [0, 0.05) is 30.5 Å². The van der Waals surface area contributed by atoms with Gasteiger partial charge in [0.2, 0.25) is 0 Å². The molecule has 1 aliphatic heterocycles. The molecule has 0 amide bonds. The van der Waals surface area contributed by atoms with Crippen LogP contribution in [0.3, 0.4) is 0 Å². The summed E-state index contributed by atoms with van der Waals surface area (Å²) in [4.78, 5) is 18.0. The topological polar surface area (TPSA) is 89.7 Å². The van der Waals surface area contributed by atoms with Crippen molar-refractivity contribution in [1.29, 1.82) is 5.26 Å². The average Bonchev–Trinajstić information content (AvgIpc) is 3.32. The molecule has 1 aliphatic carbocycles. The molecule has 166 valence electrons. The van der Waals surface area contributed by atoms with E-state index in [1.165, 1.54) is 11.1 Å². The van der Waals surface area contributed by atoms with Crippen LogP contribution in [0.25, 0.3) is 10.9 Å². The van der Waals surface area contributed by atoms with Gasteiger partial charge in [0.1, 0.15) is 5.39 Å². The van der Waals surface area contributed by atoms with Crippen LogP contribution < -0.4 is 10.9 Å². The van der Waals surface area contributed by atoms with Gasteiger partial charge in [-0.25, -0.2) is 0 Å². The second kappa shape index (κ2) is 8.10. The van der Waals surface area contributed by atoms with Gasteiger partial charge in [0.15, 0.2) is 5.82 Å². The molecule has 2 aromatic heterocycles. The Hall–Kier alpha value is -3.11. The Morgan fingerprint density at radius 1 is 1.25 bits per heavy atom. The fraction of sp³-hybridized carbons (Fsp3) is 0.480. The monoisotopic (exact) mass is 430 g/mol. The third-order valence-electron chi connectivity index (χ3n) is 7.21. The van der Waals surface area contributed by atoms with E-state index in [9.17, 15) is 10.1 Å². The number of H-pyrrole nitrogens is 1. The highest BCUT2D eigenvalue weighted by Gasteiger charge is 2.31. The number of aromatic nitrogens is 3. The fourth-order valence-corrected chi connectivity index (χ4v) is 5.50. The van der Waals surface area contributed by atoms with Gasteiger partial charge in [-0.05, 0) is 62.9 Å². The van der Waals surface area contributed by atoms with Crippen LogP contribution in [0, 0.1) is 17.2 Å². The maximum atomic E-state index is 12.8. The van der Waals surface area contributed by atoms with Gasteiger partial charge in [-0.3, -0.25) is 14.4 Å². The molecule has 3 atom stereocenters. The maximum Gasteiger partial charge on any atom is 0.261 e. The molecule has 0 bridgehead atoms. The number of rotatable bonds is 4. The molecule has 2 N–H and O–H groups in total. The third-order valence-corrected chi connectivity index (χ3v) is 7.21. The normalized spacial score (nSPS) is 23.4. The molecule has 1 aromatic carbocycles. The van der Waals surface area contributed by atoms with Crippen molar-refractivity contribution in [3.05, 3.63) is 51.9 Å². The Bertz CT molecular complexity index is 1250. The van der Waals surface area contributed by atoms with E-state index in [0.29, 0.717) is 23.3 Å². The third kappa shape index (κ3) is 3.39. The number of benzene rings is 1. The molecule has 0 unspecified atom stereocenters. The minimum atomic E-state index is -0.165. The number of hydrogen-bond donors (Lipinski definition) is 2. The molecule has 3 heterocycles. The van der Waals surface area contributed by atoms with Crippen LogP contribution in [-0.2, 0) is 6.54 Å². The Kier molecular flexibility index (Phi) is 5.26. The number of fused-ring (bicyclic) bond motifs is 2. The number of nitriles is 1. The lowest BCUT2D eigenvalue weighted by atomic mass is 9.85. The van der Waals surface area contributed by atoms with Crippen molar-refractivity contribution < 1.29 is 0 Å². The summed E-state index contributed by atoms with van der Waals surface area (Å²) >= 11 is 0. The molecular formula is C25H30N6O. The van der Waals surface area contributed by atoms with Crippen molar-refractivity contribution in [3.8, 4) is 6.07 Å². The lowest BCUT2D eigenvalue weighted by Gasteiger charge is -2.27. The van der Waals surface area contributed by atoms with E-state index < -0.39 is 0 Å². The highest BCUT2D eigenvalue weighted by atomic mass is 16.1. The number of pyridine rings is 1. The van der Waals surface area contributed by atoms with Crippen LogP contribution in [0.5, 0.6) is 0 Å². The molecule has 1 fully saturated rings. The number of aromatic amines is 1. The largest absolute Gasteiger partial charge is 0.338 e. The summed E-state index contributed by atoms with van der Waals surface area (Å²) in [6, 6.07) is 11.7. The summed E-state index contributed by atoms with van der Waals surface area (Å²) in [7, 11) is 0. The van der Waals surface area contributed by atoms with E-state index in [1.54, 1.807) is 6.20 Å². The predicted molar refractivity (Wildman–Crippen MR) is 126 cm³/mol. The van der Waals surface area contributed by atoms with E-state index >= 15 is 0 Å². The van der Waals surface area contributed by atoms with Crippen molar-refractivity contribution in [3.63, 3.8) is 0 Å². The van der Waals surface area contributed by atoms with E-state index in [0.717, 1.165) is 43.4 Å². The predicted octanol–water partition coefficient (Wildman–Crippen LogP) is 5.01. The lowest BCUT2D eigenvalue weighted by Crippen LogP contribution is -2.27. The highest BCUT2D eigenvalue weighted by Crippen LogP contribution is 2.38. The van der Waals surface area contributed by atoms with Gasteiger partial charge < -0.3 is 10.3 Å². The van der Waals surface area contributed by atoms with Crippen molar-refractivity contribution in [2.24, 2.45) is 5.92 Å². The fourth-order valence-electron chi connectivity index (χ4n) is 5.50. The van der Waals surface area contributed by atoms with Gasteiger partial charge in [-0.15, -0.1) is 0 Å². The van der Waals surface area contributed by atoms with E-state index in [2.05, 4.69) is 60.2 Å². The van der Waals surface area contributed by atoms with Crippen LogP contribution >= 0.6 is 0 Å². The zero-order valence-electron chi connectivity index (χ0n) is 18.9. The first-order valence-corrected chi connectivity index (χ1v) is 11.6. The second-order valence-electron chi connectivity index (χ2n) is 9.43. The minimum absolute atomic E-state index is 0.00549. The van der Waals surface area contributed by atoms with Crippen molar-refractivity contribution in [2.45, 2.75) is 71.1 Å². The molecule has 2 aliphatic rings. The smallest absolute Gasteiger partial charge is 0.261 e. The summed E-state index contributed by atoms with van der Waals surface area (Å²) in [5, 5.41) is 18.5. The van der Waals surface area contributed by atoms with Crippen LogP contribution in [0.15, 0.2) is 35.3 Å². The molecule has 3 aromatic rings. The number of nitrogens with zero attached hydrogens (tertiary/aromatic N) is 4. The molecule has 0 radical (unpaired) electrons. The summed E-state index contributed by atoms with van der Waals surface area (Å²) in [6.45, 7) is 7.63. The molecule has 7 heteroatoms. The van der Waals surface area contributed by atoms with Gasteiger partial charge >= 0.3 is 0 Å². The SMILES string of the molecule is CC(C)N1Cc2cc(Nc3nn([C@H]4CCCC[C@@H]4C#N)c4cc[nH]c(=O)c34)ccc2[C@H]1C. The zero-order valence-corrected chi connectivity index (χ0v) is 18.9. The number of nitrogens with one attached hydrogen (secondary N) is 2. The molecule has 1 saturated carbocycles. The molecule has 0 spiro atoms. The van der Waals surface area contributed by atoms with Gasteiger partial charge in [-0.1, -0.05) is 18.9 Å². The van der Waals surface area contributed by atoms with Gasteiger partial charge in [-0.2, -0.15) is 10.4 Å². The molecular weight excluding hydrogens is 400 g/mol. The number of hydrogen-bond acceptors (Lipinski definition) is 5. The van der Waals surface area contributed by atoms with Crippen molar-refractivity contribution >= 4 is 22.4 Å². The average molecular weight is 431 g/mol. The van der Waals surface area contributed by atoms with E-state index in [-0.39, 0.29) is 17.5 Å². The molecule has 5 rings (SSSR count). The van der Waals surface area contributed by atoms with Gasteiger partial charge in [0.25, 0.3) is 5.56 Å². The Morgan fingerprint density at radius 2 is 2.06 bits per heavy atom. The summed E-state index contributed by atoms with van der Waals surface area (Å²) in [5.41, 5.74) is 4.21. The van der Waals surface area contributed by atoms with Gasteiger partial charge in [0.05, 0.1) is 23.5 Å². The van der Waals surface area contributed by atoms with Crippen LogP contribution in [0.4, 0.5) is 11.5 Å². The van der Waals surface area contributed by atoms with Crippen molar-refractivity contribution in [2.75, 3.05) is 5.32 Å². The summed E-state index contributed by atoms with van der Waals surface area (Å²) < 4.78 is 1.91. The summed E-state index contributed by atoms with van der Waals surface area (Å²) in [6.07, 6.45) is 5.59. The van der Waals surface area contributed by atoms with E-state index in [1.807, 2.05) is 10.7 Å². The lowest BCUT2D eigenvalue weighted by molar-refractivity contribution is 0.180. The van der Waals surface area contributed by atoms with E-state index in [4.69, 9.17) is 5.10 Å². The quantitative estimate of drug-likeness (QED) is 0.607. The summed E-state index contributed by atoms with van der Waals surface area (Å²) in [5.74, 6) is 0.471.